The Hall–Kier alpha value is -1.67. The molecular weight excluding hydrogens is 220 g/mol. The fourth-order valence-electron chi connectivity index (χ4n) is 2.90. The summed E-state index contributed by atoms with van der Waals surface area (Å²) in [5.74, 6) is 0. The zero-order valence-electron chi connectivity index (χ0n) is 10.7. The normalized spacial score (nSPS) is 19.5. The number of rotatable bonds is 2. The molecule has 1 aliphatic heterocycles. The van der Waals surface area contributed by atoms with Crippen LogP contribution in [0.5, 0.6) is 0 Å². The highest BCUT2D eigenvalue weighted by Crippen LogP contribution is 2.34. The third kappa shape index (κ3) is 1.93. The van der Waals surface area contributed by atoms with Gasteiger partial charge in [0.05, 0.1) is 6.04 Å². The van der Waals surface area contributed by atoms with Crippen LogP contribution in [0.2, 0.25) is 0 Å². The average Bonchev–Trinajstić information content (AvgIpc) is 2.47. The Balaban J connectivity index is 2.09. The second-order valence-corrected chi connectivity index (χ2v) is 4.76. The predicted molar refractivity (Wildman–Crippen MR) is 73.5 cm³/mol. The Morgan fingerprint density at radius 3 is 2.72 bits per heavy atom. The molecule has 0 bridgehead atoms. The first-order valence-electron chi connectivity index (χ1n) is 6.62. The molecule has 0 saturated carbocycles. The topological polar surface area (TPSA) is 16.1 Å². The van der Waals surface area contributed by atoms with E-state index in [0.717, 1.165) is 19.5 Å². The molecule has 0 saturated heterocycles. The predicted octanol–water partition coefficient (Wildman–Crippen LogP) is 3.05. The van der Waals surface area contributed by atoms with E-state index in [2.05, 4.69) is 53.2 Å². The van der Waals surface area contributed by atoms with Gasteiger partial charge in [0.15, 0.2) is 0 Å². The van der Waals surface area contributed by atoms with Crippen LogP contribution in [0, 0.1) is 0 Å². The van der Waals surface area contributed by atoms with Crippen molar-refractivity contribution in [3.8, 4) is 0 Å². The molecule has 3 rings (SSSR count). The zero-order valence-corrected chi connectivity index (χ0v) is 10.7. The van der Waals surface area contributed by atoms with Crippen molar-refractivity contribution in [2.24, 2.45) is 0 Å². The summed E-state index contributed by atoms with van der Waals surface area (Å²) in [4.78, 5) is 6.67. The van der Waals surface area contributed by atoms with Crippen LogP contribution in [0.1, 0.15) is 29.7 Å². The first-order chi connectivity index (χ1) is 8.90. The Kier molecular flexibility index (Phi) is 3.11. The maximum absolute atomic E-state index is 4.13. The Labute approximate surface area is 108 Å². The van der Waals surface area contributed by atoms with Gasteiger partial charge in [0, 0.05) is 18.9 Å². The molecule has 92 valence electrons. The number of nitrogens with zero attached hydrogens (tertiary/aromatic N) is 2. The Morgan fingerprint density at radius 2 is 1.94 bits per heavy atom. The number of pyridine rings is 1. The summed E-state index contributed by atoms with van der Waals surface area (Å²) in [7, 11) is 0. The summed E-state index contributed by atoms with van der Waals surface area (Å²) in [6.45, 7) is 4.46. The molecular formula is C16H18N2. The molecule has 2 aromatic rings. The summed E-state index contributed by atoms with van der Waals surface area (Å²) in [6, 6.07) is 13.5. The largest absolute Gasteiger partial charge is 0.292 e. The molecule has 1 atom stereocenters. The number of likely N-dealkylation sites (N-methyl/N-ethyl adjacent to an activating group) is 1. The molecule has 0 radical (unpaired) electrons. The van der Waals surface area contributed by atoms with Crippen molar-refractivity contribution in [1.29, 1.82) is 0 Å². The van der Waals surface area contributed by atoms with Crippen molar-refractivity contribution in [2.45, 2.75) is 19.4 Å². The first-order valence-corrected chi connectivity index (χ1v) is 6.62. The third-order valence-corrected chi connectivity index (χ3v) is 3.81. The summed E-state index contributed by atoms with van der Waals surface area (Å²) in [5, 5.41) is 0. The lowest BCUT2D eigenvalue weighted by Gasteiger charge is -2.37. The second-order valence-electron chi connectivity index (χ2n) is 4.76. The van der Waals surface area contributed by atoms with Crippen LogP contribution in [0.3, 0.4) is 0 Å². The highest BCUT2D eigenvalue weighted by Gasteiger charge is 2.26. The van der Waals surface area contributed by atoms with Crippen molar-refractivity contribution in [1.82, 2.24) is 9.88 Å². The Morgan fingerprint density at radius 1 is 1.17 bits per heavy atom. The molecule has 0 fully saturated rings. The minimum Gasteiger partial charge on any atom is -0.292 e. The molecule has 2 nitrogen and oxygen atoms in total. The molecule has 1 aromatic heterocycles. The lowest BCUT2D eigenvalue weighted by atomic mass is 9.88. The number of hydrogen-bond acceptors (Lipinski definition) is 2. The van der Waals surface area contributed by atoms with E-state index < -0.39 is 0 Å². The molecule has 1 aromatic carbocycles. The highest BCUT2D eigenvalue weighted by atomic mass is 15.2. The highest BCUT2D eigenvalue weighted by molar-refractivity contribution is 5.39. The van der Waals surface area contributed by atoms with Gasteiger partial charge in [0.2, 0.25) is 0 Å². The van der Waals surface area contributed by atoms with Gasteiger partial charge in [-0.3, -0.25) is 9.88 Å². The molecule has 0 aliphatic carbocycles. The monoisotopic (exact) mass is 238 g/mol. The van der Waals surface area contributed by atoms with Gasteiger partial charge >= 0.3 is 0 Å². The van der Waals surface area contributed by atoms with E-state index in [1.807, 2.05) is 12.4 Å². The van der Waals surface area contributed by atoms with Gasteiger partial charge in [-0.2, -0.15) is 0 Å². The van der Waals surface area contributed by atoms with E-state index in [1.54, 1.807) is 0 Å². The maximum atomic E-state index is 4.13. The van der Waals surface area contributed by atoms with Gasteiger partial charge in [-0.05, 0) is 41.8 Å². The van der Waals surface area contributed by atoms with Crippen LogP contribution < -0.4 is 0 Å². The van der Waals surface area contributed by atoms with Gasteiger partial charge < -0.3 is 0 Å². The quantitative estimate of drug-likeness (QED) is 0.799. The van der Waals surface area contributed by atoms with E-state index in [0.29, 0.717) is 6.04 Å². The van der Waals surface area contributed by atoms with Crippen molar-refractivity contribution in [2.75, 3.05) is 13.1 Å². The van der Waals surface area contributed by atoms with Gasteiger partial charge in [0.1, 0.15) is 0 Å². The number of benzene rings is 1. The van der Waals surface area contributed by atoms with Crippen molar-refractivity contribution in [3.05, 3.63) is 65.5 Å². The number of aromatic nitrogens is 1. The third-order valence-electron chi connectivity index (χ3n) is 3.81. The minimum atomic E-state index is 0.392. The molecule has 2 heterocycles. The fourth-order valence-corrected chi connectivity index (χ4v) is 2.90. The summed E-state index contributed by atoms with van der Waals surface area (Å²) in [5.41, 5.74) is 4.29. The molecule has 1 unspecified atom stereocenters. The van der Waals surface area contributed by atoms with Gasteiger partial charge in [0.25, 0.3) is 0 Å². The van der Waals surface area contributed by atoms with Crippen LogP contribution >= 0.6 is 0 Å². The van der Waals surface area contributed by atoms with Crippen LogP contribution in [-0.2, 0) is 6.42 Å². The molecule has 0 N–H and O–H groups in total. The molecule has 2 heteroatoms. The number of hydrogen-bond donors (Lipinski definition) is 0. The van der Waals surface area contributed by atoms with Gasteiger partial charge in [-0.25, -0.2) is 0 Å². The average molecular weight is 238 g/mol. The molecule has 18 heavy (non-hydrogen) atoms. The number of fused-ring (bicyclic) bond motifs is 1. The maximum Gasteiger partial charge on any atom is 0.0605 e. The van der Waals surface area contributed by atoms with E-state index in [1.165, 1.54) is 16.7 Å². The van der Waals surface area contributed by atoms with Gasteiger partial charge in [-0.1, -0.05) is 31.2 Å². The lowest BCUT2D eigenvalue weighted by molar-refractivity contribution is 0.225. The summed E-state index contributed by atoms with van der Waals surface area (Å²) < 4.78 is 0. The van der Waals surface area contributed by atoms with E-state index in [-0.39, 0.29) is 0 Å². The second kappa shape index (κ2) is 4.91. The molecule has 1 aliphatic rings. The summed E-state index contributed by atoms with van der Waals surface area (Å²) in [6.07, 6.45) is 4.94. The van der Waals surface area contributed by atoms with Crippen LogP contribution in [0.4, 0.5) is 0 Å². The van der Waals surface area contributed by atoms with Gasteiger partial charge in [-0.15, -0.1) is 0 Å². The van der Waals surface area contributed by atoms with Crippen molar-refractivity contribution >= 4 is 0 Å². The van der Waals surface area contributed by atoms with E-state index in [4.69, 9.17) is 0 Å². The van der Waals surface area contributed by atoms with Crippen LogP contribution in [-0.4, -0.2) is 23.0 Å². The summed E-state index contributed by atoms with van der Waals surface area (Å²) >= 11 is 0. The molecule has 0 amide bonds. The first kappa shape index (κ1) is 11.4. The van der Waals surface area contributed by atoms with Crippen LogP contribution in [0.15, 0.2) is 48.8 Å². The lowest BCUT2D eigenvalue weighted by Crippen LogP contribution is -2.35. The molecule has 0 spiro atoms. The van der Waals surface area contributed by atoms with E-state index in [9.17, 15) is 0 Å². The van der Waals surface area contributed by atoms with E-state index >= 15 is 0 Å². The van der Waals surface area contributed by atoms with Crippen LogP contribution in [0.25, 0.3) is 0 Å². The SMILES string of the molecule is CCN1CCc2ccccc2C1c1ccncc1. The van der Waals surface area contributed by atoms with Crippen molar-refractivity contribution < 1.29 is 0 Å². The zero-order chi connectivity index (χ0) is 12.4. The van der Waals surface area contributed by atoms with Crippen molar-refractivity contribution in [3.63, 3.8) is 0 Å². The smallest absolute Gasteiger partial charge is 0.0605 e. The fraction of sp³-hybridized carbons (Fsp3) is 0.312. The standard InChI is InChI=1S/C16H18N2/c1-2-18-12-9-13-5-3-4-6-15(13)16(18)14-7-10-17-11-8-14/h3-8,10-11,16H,2,9,12H2,1H3. The minimum absolute atomic E-state index is 0.392. The Bertz CT molecular complexity index is 522.